The summed E-state index contributed by atoms with van der Waals surface area (Å²) >= 11 is 0. The van der Waals surface area contributed by atoms with Crippen LogP contribution in [-0.4, -0.2) is 30.4 Å². The zero-order chi connectivity index (χ0) is 17.1. The Morgan fingerprint density at radius 3 is 2.92 bits per heavy atom. The van der Waals surface area contributed by atoms with E-state index >= 15 is 0 Å². The number of carbonyl (C=O) groups excluding carboxylic acids is 1. The lowest BCUT2D eigenvalue weighted by Gasteiger charge is -2.31. The van der Waals surface area contributed by atoms with Crippen molar-refractivity contribution in [1.29, 1.82) is 0 Å². The molecule has 0 aromatic heterocycles. The Hall–Kier alpha value is -1.42. The predicted octanol–water partition coefficient (Wildman–Crippen LogP) is 3.76. The van der Waals surface area contributed by atoms with Crippen molar-refractivity contribution >= 4 is 5.91 Å². The summed E-state index contributed by atoms with van der Waals surface area (Å²) in [6, 6.07) is 6.79. The minimum Gasteiger partial charge on any atom is -0.335 e. The van der Waals surface area contributed by atoms with Gasteiger partial charge in [0.2, 0.25) is 5.91 Å². The lowest BCUT2D eigenvalue weighted by atomic mass is 9.85. The van der Waals surface area contributed by atoms with Crippen LogP contribution in [0.3, 0.4) is 0 Å². The van der Waals surface area contributed by atoms with Crippen LogP contribution in [0.1, 0.15) is 51.1 Å². The molecule has 1 amide bonds. The van der Waals surface area contributed by atoms with Gasteiger partial charge in [-0.25, -0.2) is 4.39 Å². The van der Waals surface area contributed by atoms with Crippen LogP contribution in [0.15, 0.2) is 24.3 Å². The summed E-state index contributed by atoms with van der Waals surface area (Å²) in [4.78, 5) is 14.8. The maximum atomic E-state index is 14.2. The minimum absolute atomic E-state index is 0.106. The average molecular weight is 332 g/mol. The Morgan fingerprint density at radius 1 is 1.42 bits per heavy atom. The molecule has 0 bridgehead atoms. The maximum Gasteiger partial charge on any atom is 0.223 e. The van der Waals surface area contributed by atoms with Crippen molar-refractivity contribution < 1.29 is 9.18 Å². The highest BCUT2D eigenvalue weighted by molar-refractivity contribution is 5.77. The van der Waals surface area contributed by atoms with Crippen molar-refractivity contribution in [2.24, 2.45) is 17.8 Å². The molecule has 1 aromatic rings. The van der Waals surface area contributed by atoms with E-state index in [2.05, 4.69) is 19.2 Å². The highest BCUT2D eigenvalue weighted by Crippen LogP contribution is 2.37. The lowest BCUT2D eigenvalue weighted by Crippen LogP contribution is -2.37. The number of piperidine rings is 1. The standard InChI is InChI=1S/C20H29FN2O/c1-14-10-19(17-7-3-4-8-18(17)21)23(13-14)20(24)11-15(2)16-6-5-9-22-12-16/h3-4,7-8,14-16,19,22H,5-6,9-13H2,1-2H3. The van der Waals surface area contributed by atoms with E-state index in [0.717, 1.165) is 26.1 Å². The van der Waals surface area contributed by atoms with Gasteiger partial charge in [0.05, 0.1) is 6.04 Å². The fourth-order valence-electron chi connectivity index (χ4n) is 4.29. The van der Waals surface area contributed by atoms with Crippen LogP contribution in [-0.2, 0) is 4.79 Å². The van der Waals surface area contributed by atoms with E-state index in [1.54, 1.807) is 6.07 Å². The molecule has 4 atom stereocenters. The molecule has 3 rings (SSSR count). The zero-order valence-electron chi connectivity index (χ0n) is 14.8. The molecule has 0 aliphatic carbocycles. The molecule has 2 aliphatic heterocycles. The molecular weight excluding hydrogens is 303 g/mol. The van der Waals surface area contributed by atoms with E-state index in [1.165, 1.54) is 18.9 Å². The maximum absolute atomic E-state index is 14.2. The van der Waals surface area contributed by atoms with Crippen molar-refractivity contribution in [3.8, 4) is 0 Å². The van der Waals surface area contributed by atoms with E-state index in [4.69, 9.17) is 0 Å². The van der Waals surface area contributed by atoms with Crippen molar-refractivity contribution in [3.05, 3.63) is 35.6 Å². The summed E-state index contributed by atoms with van der Waals surface area (Å²) in [5.74, 6) is 1.37. The normalized spacial score (nSPS) is 28.8. The van der Waals surface area contributed by atoms with Crippen molar-refractivity contribution in [1.82, 2.24) is 10.2 Å². The van der Waals surface area contributed by atoms with Crippen molar-refractivity contribution in [2.75, 3.05) is 19.6 Å². The molecular formula is C20H29FN2O. The van der Waals surface area contributed by atoms with Crippen LogP contribution in [0.5, 0.6) is 0 Å². The number of amides is 1. The quantitative estimate of drug-likeness (QED) is 0.910. The molecule has 24 heavy (non-hydrogen) atoms. The van der Waals surface area contributed by atoms with E-state index < -0.39 is 0 Å². The summed E-state index contributed by atoms with van der Waals surface area (Å²) < 4.78 is 14.2. The summed E-state index contributed by atoms with van der Waals surface area (Å²) in [5, 5.41) is 3.43. The largest absolute Gasteiger partial charge is 0.335 e. The number of benzene rings is 1. The third kappa shape index (κ3) is 3.80. The Bertz CT molecular complexity index is 571. The van der Waals surface area contributed by atoms with E-state index in [9.17, 15) is 9.18 Å². The van der Waals surface area contributed by atoms with Gasteiger partial charge in [0.1, 0.15) is 5.82 Å². The van der Waals surface area contributed by atoms with Gasteiger partial charge in [-0.1, -0.05) is 32.0 Å². The molecule has 3 nitrogen and oxygen atoms in total. The number of rotatable bonds is 4. The fraction of sp³-hybridized carbons (Fsp3) is 0.650. The third-order valence-electron chi connectivity index (χ3n) is 5.73. The van der Waals surface area contributed by atoms with Crippen LogP contribution in [0.25, 0.3) is 0 Å². The Kier molecular flexibility index (Phi) is 5.54. The second-order valence-corrected chi connectivity index (χ2v) is 7.71. The molecule has 4 heteroatoms. The number of nitrogens with one attached hydrogen (secondary N) is 1. The van der Waals surface area contributed by atoms with Gasteiger partial charge < -0.3 is 10.2 Å². The summed E-state index contributed by atoms with van der Waals surface area (Å²) in [5.41, 5.74) is 0.669. The van der Waals surface area contributed by atoms with Gasteiger partial charge in [-0.2, -0.15) is 0 Å². The SMILES string of the molecule is CC1CC(c2ccccc2F)N(C(=O)CC(C)C2CCCNC2)C1. The first-order valence-corrected chi connectivity index (χ1v) is 9.31. The highest BCUT2D eigenvalue weighted by Gasteiger charge is 2.36. The lowest BCUT2D eigenvalue weighted by molar-refractivity contribution is -0.133. The molecule has 1 aromatic carbocycles. The molecule has 0 saturated carbocycles. The molecule has 132 valence electrons. The zero-order valence-corrected chi connectivity index (χ0v) is 14.8. The first-order valence-electron chi connectivity index (χ1n) is 9.31. The second-order valence-electron chi connectivity index (χ2n) is 7.71. The monoisotopic (exact) mass is 332 g/mol. The van der Waals surface area contributed by atoms with E-state index in [-0.39, 0.29) is 17.8 Å². The third-order valence-corrected chi connectivity index (χ3v) is 5.73. The van der Waals surface area contributed by atoms with Crippen LogP contribution in [0.4, 0.5) is 4.39 Å². The summed E-state index contributed by atoms with van der Waals surface area (Å²) in [6.45, 7) is 7.19. The number of carbonyl (C=O) groups is 1. The number of halogens is 1. The van der Waals surface area contributed by atoms with E-state index in [1.807, 2.05) is 17.0 Å². The average Bonchev–Trinajstić information content (AvgIpc) is 2.98. The molecule has 2 saturated heterocycles. The smallest absolute Gasteiger partial charge is 0.223 e. The number of likely N-dealkylation sites (tertiary alicyclic amines) is 1. The van der Waals surface area contributed by atoms with Gasteiger partial charge in [0.25, 0.3) is 0 Å². The molecule has 1 N–H and O–H groups in total. The molecule has 2 fully saturated rings. The first-order chi connectivity index (χ1) is 11.6. The Labute approximate surface area is 144 Å². The molecule has 2 heterocycles. The van der Waals surface area contributed by atoms with Gasteiger partial charge in [-0.3, -0.25) is 4.79 Å². The van der Waals surface area contributed by atoms with E-state index in [0.29, 0.717) is 29.7 Å². The van der Waals surface area contributed by atoms with Crippen LogP contribution in [0, 0.1) is 23.6 Å². The second kappa shape index (κ2) is 7.64. The predicted molar refractivity (Wildman–Crippen MR) is 94.0 cm³/mol. The fourth-order valence-corrected chi connectivity index (χ4v) is 4.29. The van der Waals surface area contributed by atoms with Crippen molar-refractivity contribution in [3.63, 3.8) is 0 Å². The van der Waals surface area contributed by atoms with Gasteiger partial charge in [-0.15, -0.1) is 0 Å². The van der Waals surface area contributed by atoms with Crippen LogP contribution in [0.2, 0.25) is 0 Å². The molecule has 0 spiro atoms. The molecule has 0 radical (unpaired) electrons. The van der Waals surface area contributed by atoms with Gasteiger partial charge >= 0.3 is 0 Å². The van der Waals surface area contributed by atoms with Gasteiger partial charge in [-0.05, 0) is 56.2 Å². The summed E-state index contributed by atoms with van der Waals surface area (Å²) in [7, 11) is 0. The molecule has 2 aliphatic rings. The number of nitrogens with zero attached hydrogens (tertiary/aromatic N) is 1. The summed E-state index contributed by atoms with van der Waals surface area (Å²) in [6.07, 6.45) is 3.83. The van der Waals surface area contributed by atoms with Crippen LogP contribution < -0.4 is 5.32 Å². The number of hydrogen-bond donors (Lipinski definition) is 1. The Morgan fingerprint density at radius 2 is 2.21 bits per heavy atom. The first kappa shape index (κ1) is 17.4. The Balaban J connectivity index is 1.69. The minimum atomic E-state index is -0.195. The van der Waals surface area contributed by atoms with Crippen LogP contribution >= 0.6 is 0 Å². The topological polar surface area (TPSA) is 32.3 Å². The highest BCUT2D eigenvalue weighted by atomic mass is 19.1. The molecule has 4 unspecified atom stereocenters. The van der Waals surface area contributed by atoms with Crippen molar-refractivity contribution in [2.45, 2.75) is 45.6 Å². The van der Waals surface area contributed by atoms with Gasteiger partial charge in [0, 0.05) is 18.5 Å². The van der Waals surface area contributed by atoms with Gasteiger partial charge in [0.15, 0.2) is 0 Å². The number of hydrogen-bond acceptors (Lipinski definition) is 2.